The van der Waals surface area contributed by atoms with E-state index in [1.54, 1.807) is 0 Å². The number of aromatic nitrogens is 2. The van der Waals surface area contributed by atoms with Gasteiger partial charge in [-0.2, -0.15) is 0 Å². The van der Waals surface area contributed by atoms with Crippen LogP contribution in [0.25, 0.3) is 11.0 Å². The summed E-state index contributed by atoms with van der Waals surface area (Å²) in [6.45, 7) is 2.36. The van der Waals surface area contributed by atoms with Crippen LogP contribution in [0.5, 0.6) is 11.5 Å². The lowest BCUT2D eigenvalue weighted by molar-refractivity contribution is 0.0758. The molecular weight excluding hydrogens is 564 g/mol. The minimum atomic E-state index is -0.0344. The molecule has 45 heavy (non-hydrogen) atoms. The first-order valence-corrected chi connectivity index (χ1v) is 15.3. The van der Waals surface area contributed by atoms with Gasteiger partial charge in [0, 0.05) is 43.7 Å². The predicted octanol–water partition coefficient (Wildman–Crippen LogP) is 4.92. The Morgan fingerprint density at radius 2 is 1.56 bits per heavy atom. The molecule has 0 fully saturated rings. The lowest BCUT2D eigenvalue weighted by Gasteiger charge is -2.22. The summed E-state index contributed by atoms with van der Waals surface area (Å²) in [6, 6.07) is 29.9. The minimum absolute atomic E-state index is 0.0344. The second-order valence-electron chi connectivity index (χ2n) is 11.3. The van der Waals surface area contributed by atoms with Gasteiger partial charge in [0.1, 0.15) is 11.7 Å². The maximum Gasteiger partial charge on any atom is 0.253 e. The van der Waals surface area contributed by atoms with E-state index in [1.165, 1.54) is 5.56 Å². The molecule has 1 aliphatic heterocycles. The average molecular weight is 603 g/mol. The smallest absolute Gasteiger partial charge is 0.253 e. The number of nitrogens with one attached hydrogen (secondary N) is 1. The van der Waals surface area contributed by atoms with E-state index >= 15 is 0 Å². The first-order valence-electron chi connectivity index (χ1n) is 15.3. The average Bonchev–Trinajstić information content (AvgIpc) is 3.67. The Kier molecular flexibility index (Phi) is 9.07. The molecule has 2 heterocycles. The first kappa shape index (κ1) is 29.9. The maximum absolute atomic E-state index is 13.7. The fourth-order valence-electron chi connectivity index (χ4n) is 5.78. The summed E-state index contributed by atoms with van der Waals surface area (Å²) < 4.78 is 13.3. The third-order valence-electron chi connectivity index (χ3n) is 8.18. The van der Waals surface area contributed by atoms with E-state index in [1.807, 2.05) is 83.8 Å². The second kappa shape index (κ2) is 13.7. The molecule has 5 aromatic rings. The molecule has 0 unspecified atom stereocenters. The number of carbonyl (C=O) groups is 1. The number of hydrogen-bond donors (Lipinski definition) is 3. The molecule has 0 aliphatic carbocycles. The SMILES string of the molecule is N=C(N)c1ccc(CCc2nc3cc(C(=O)N(CCN)CCCc4ccccc4)ccc3n2Cc2ccc3c(c2)OCO3)cc1. The van der Waals surface area contributed by atoms with Crippen LogP contribution in [-0.2, 0) is 25.8 Å². The highest BCUT2D eigenvalue weighted by molar-refractivity contribution is 5.97. The van der Waals surface area contributed by atoms with Gasteiger partial charge in [0.05, 0.1) is 11.0 Å². The van der Waals surface area contributed by atoms with Crippen molar-refractivity contribution in [1.29, 1.82) is 5.41 Å². The van der Waals surface area contributed by atoms with Gasteiger partial charge < -0.3 is 30.4 Å². The Morgan fingerprint density at radius 1 is 0.822 bits per heavy atom. The van der Waals surface area contributed by atoms with Crippen molar-refractivity contribution in [2.45, 2.75) is 32.2 Å². The number of nitrogens with two attached hydrogens (primary N) is 2. The highest BCUT2D eigenvalue weighted by Crippen LogP contribution is 2.33. The zero-order chi connectivity index (χ0) is 31.2. The summed E-state index contributed by atoms with van der Waals surface area (Å²) in [5, 5.41) is 7.67. The highest BCUT2D eigenvalue weighted by atomic mass is 16.7. The van der Waals surface area contributed by atoms with Crippen molar-refractivity contribution >= 4 is 22.8 Å². The molecular formula is C36H38N6O3. The van der Waals surface area contributed by atoms with Gasteiger partial charge in [-0.25, -0.2) is 4.98 Å². The largest absolute Gasteiger partial charge is 0.454 e. The molecule has 230 valence electrons. The van der Waals surface area contributed by atoms with Crippen LogP contribution in [0.2, 0.25) is 0 Å². The van der Waals surface area contributed by atoms with Crippen LogP contribution in [-0.4, -0.2) is 52.6 Å². The molecule has 0 spiro atoms. The third-order valence-corrected chi connectivity index (χ3v) is 8.18. The molecule has 0 saturated heterocycles. The summed E-state index contributed by atoms with van der Waals surface area (Å²) in [5.41, 5.74) is 18.0. The number of nitrogens with zero attached hydrogens (tertiary/aromatic N) is 3. The van der Waals surface area contributed by atoms with Crippen LogP contribution in [0, 0.1) is 5.41 Å². The normalized spacial score (nSPS) is 12.0. The number of amides is 1. The van der Waals surface area contributed by atoms with Gasteiger partial charge in [-0.15, -0.1) is 0 Å². The summed E-state index contributed by atoms with van der Waals surface area (Å²) in [4.78, 5) is 20.6. The molecule has 5 N–H and O–H groups in total. The lowest BCUT2D eigenvalue weighted by atomic mass is 10.1. The van der Waals surface area contributed by atoms with E-state index in [-0.39, 0.29) is 18.5 Å². The molecule has 6 rings (SSSR count). The van der Waals surface area contributed by atoms with Crippen LogP contribution < -0.4 is 20.9 Å². The molecule has 0 saturated carbocycles. The lowest BCUT2D eigenvalue weighted by Crippen LogP contribution is -2.36. The summed E-state index contributed by atoms with van der Waals surface area (Å²) in [5.74, 6) is 2.43. The number of imidazole rings is 1. The van der Waals surface area contributed by atoms with Gasteiger partial charge in [-0.05, 0) is 66.3 Å². The third kappa shape index (κ3) is 6.99. The molecule has 4 aromatic carbocycles. The van der Waals surface area contributed by atoms with E-state index in [0.29, 0.717) is 43.7 Å². The van der Waals surface area contributed by atoms with Crippen molar-refractivity contribution in [3.8, 4) is 11.5 Å². The van der Waals surface area contributed by atoms with Crippen molar-refractivity contribution in [1.82, 2.24) is 14.5 Å². The van der Waals surface area contributed by atoms with E-state index in [4.69, 9.17) is 31.3 Å². The topological polar surface area (TPSA) is 132 Å². The van der Waals surface area contributed by atoms with Crippen molar-refractivity contribution in [3.63, 3.8) is 0 Å². The van der Waals surface area contributed by atoms with Crippen molar-refractivity contribution < 1.29 is 14.3 Å². The first-order chi connectivity index (χ1) is 22.0. The number of ether oxygens (including phenoxy) is 2. The van der Waals surface area contributed by atoms with Gasteiger partial charge in [0.2, 0.25) is 6.79 Å². The minimum Gasteiger partial charge on any atom is -0.454 e. The van der Waals surface area contributed by atoms with Gasteiger partial charge in [0.25, 0.3) is 5.91 Å². The number of fused-ring (bicyclic) bond motifs is 2. The number of benzene rings is 4. The molecule has 1 amide bonds. The number of rotatable bonds is 13. The summed E-state index contributed by atoms with van der Waals surface area (Å²) in [7, 11) is 0. The molecule has 9 heteroatoms. The molecule has 0 radical (unpaired) electrons. The van der Waals surface area contributed by atoms with Crippen molar-refractivity contribution in [3.05, 3.63) is 125 Å². The highest BCUT2D eigenvalue weighted by Gasteiger charge is 2.19. The molecule has 1 aromatic heterocycles. The van der Waals surface area contributed by atoms with Gasteiger partial charge in [0.15, 0.2) is 11.5 Å². The summed E-state index contributed by atoms with van der Waals surface area (Å²) in [6.07, 6.45) is 3.22. The van der Waals surface area contributed by atoms with Gasteiger partial charge in [-0.1, -0.05) is 60.7 Å². The summed E-state index contributed by atoms with van der Waals surface area (Å²) >= 11 is 0. The van der Waals surface area contributed by atoms with Crippen molar-refractivity contribution in [2.24, 2.45) is 11.5 Å². The van der Waals surface area contributed by atoms with E-state index in [0.717, 1.165) is 58.7 Å². The molecule has 0 bridgehead atoms. The predicted molar refractivity (Wildman–Crippen MR) is 176 cm³/mol. The Balaban J connectivity index is 1.25. The van der Waals surface area contributed by atoms with Gasteiger partial charge in [-0.3, -0.25) is 10.2 Å². The zero-order valence-corrected chi connectivity index (χ0v) is 25.2. The van der Waals surface area contributed by atoms with E-state index in [9.17, 15) is 4.79 Å². The fraction of sp³-hybridized carbons (Fsp3) is 0.250. The number of hydrogen-bond acceptors (Lipinski definition) is 6. The number of nitrogen functional groups attached to an aromatic ring is 1. The molecule has 9 nitrogen and oxygen atoms in total. The van der Waals surface area contributed by atoms with Crippen LogP contribution >= 0.6 is 0 Å². The maximum atomic E-state index is 13.7. The molecule has 1 aliphatic rings. The van der Waals surface area contributed by atoms with E-state index in [2.05, 4.69) is 16.7 Å². The number of carbonyl (C=O) groups excluding carboxylic acids is 1. The van der Waals surface area contributed by atoms with Crippen LogP contribution in [0.1, 0.15) is 44.9 Å². The quantitative estimate of drug-likeness (QED) is 0.130. The Morgan fingerprint density at radius 3 is 2.33 bits per heavy atom. The number of aryl methyl sites for hydroxylation is 3. The van der Waals surface area contributed by atoms with Crippen LogP contribution in [0.3, 0.4) is 0 Å². The fourth-order valence-corrected chi connectivity index (χ4v) is 5.78. The monoisotopic (exact) mass is 602 g/mol. The van der Waals surface area contributed by atoms with Crippen molar-refractivity contribution in [2.75, 3.05) is 26.4 Å². The number of amidine groups is 1. The molecule has 0 atom stereocenters. The standard InChI is InChI=1S/C36H38N6O3/c37-18-20-41(19-4-7-25-5-2-1-3-6-25)36(43)29-14-15-31-30(22-29)40-34(17-11-26-8-12-28(13-9-26)35(38)39)42(31)23-27-10-16-32-33(21-27)45-24-44-32/h1-3,5-6,8-10,12-16,21-22H,4,7,11,17-20,23-24,37H2,(H3,38,39). The second-order valence-corrected chi connectivity index (χ2v) is 11.3. The zero-order valence-electron chi connectivity index (χ0n) is 25.2. The Labute approximate surface area is 262 Å². The Bertz CT molecular complexity index is 1800. The van der Waals surface area contributed by atoms with Crippen LogP contribution in [0.15, 0.2) is 91.0 Å². The van der Waals surface area contributed by atoms with E-state index < -0.39 is 0 Å². The Hall–Kier alpha value is -5.15. The van der Waals surface area contributed by atoms with Crippen LogP contribution in [0.4, 0.5) is 0 Å². The van der Waals surface area contributed by atoms with Gasteiger partial charge >= 0.3 is 0 Å².